The number of aliphatic hydroxyl groups is 1. The minimum atomic E-state index is -0.370. The summed E-state index contributed by atoms with van der Waals surface area (Å²) in [5, 5.41) is 10.2. The average molecular weight is 276 g/mol. The molecule has 1 aromatic carbocycles. The fourth-order valence-electron chi connectivity index (χ4n) is 3.55. The molecule has 1 fully saturated rings. The van der Waals surface area contributed by atoms with E-state index < -0.39 is 0 Å². The molecule has 2 rings (SSSR count). The number of hydrogen-bond acceptors (Lipinski definition) is 2. The summed E-state index contributed by atoms with van der Waals surface area (Å²) in [6, 6.07) is 4.26. The lowest BCUT2D eigenvalue weighted by atomic mass is 9.70. The maximum Gasteiger partial charge on any atom is 0.125 e. The van der Waals surface area contributed by atoms with E-state index in [1.165, 1.54) is 37.7 Å². The van der Waals surface area contributed by atoms with Crippen molar-refractivity contribution in [3.05, 3.63) is 28.8 Å². The SMILES string of the molecule is CCC(O)c1cc(C)c(OC)c(C2(C)CCCCC2)c1. The standard InChI is InChI=1S/C18H28O2/c1-5-16(19)14-11-13(2)17(20-4)15(12-14)18(3)9-7-6-8-10-18/h11-12,16,19H,5-10H2,1-4H3. The highest BCUT2D eigenvalue weighted by atomic mass is 16.5. The normalized spacial score (nSPS) is 19.6. The fraction of sp³-hybridized carbons (Fsp3) is 0.667. The highest BCUT2D eigenvalue weighted by molar-refractivity contribution is 5.48. The van der Waals surface area contributed by atoms with Crippen molar-refractivity contribution in [2.45, 2.75) is 70.8 Å². The third kappa shape index (κ3) is 2.85. The summed E-state index contributed by atoms with van der Waals surface area (Å²) in [5.41, 5.74) is 3.66. The van der Waals surface area contributed by atoms with Crippen molar-refractivity contribution in [1.82, 2.24) is 0 Å². The van der Waals surface area contributed by atoms with Gasteiger partial charge in [-0.3, -0.25) is 0 Å². The van der Waals surface area contributed by atoms with Crippen LogP contribution in [0.3, 0.4) is 0 Å². The first-order chi connectivity index (χ1) is 9.51. The summed E-state index contributed by atoms with van der Waals surface area (Å²) in [4.78, 5) is 0. The summed E-state index contributed by atoms with van der Waals surface area (Å²) in [6.45, 7) is 6.46. The van der Waals surface area contributed by atoms with Crippen LogP contribution >= 0.6 is 0 Å². The average Bonchev–Trinajstić information content (AvgIpc) is 2.46. The molecule has 0 amide bonds. The Balaban J connectivity index is 2.50. The zero-order valence-electron chi connectivity index (χ0n) is 13.3. The molecular formula is C18H28O2. The predicted molar refractivity (Wildman–Crippen MR) is 83.4 cm³/mol. The van der Waals surface area contributed by atoms with E-state index in [2.05, 4.69) is 26.0 Å². The largest absolute Gasteiger partial charge is 0.496 e. The first kappa shape index (κ1) is 15.4. The minimum absolute atomic E-state index is 0.192. The molecule has 1 aromatic rings. The van der Waals surface area contributed by atoms with Crippen molar-refractivity contribution in [2.75, 3.05) is 7.11 Å². The molecule has 1 saturated carbocycles. The van der Waals surface area contributed by atoms with E-state index in [0.29, 0.717) is 0 Å². The van der Waals surface area contributed by atoms with Crippen molar-refractivity contribution in [3.8, 4) is 5.75 Å². The number of aliphatic hydroxyl groups excluding tert-OH is 1. The molecular weight excluding hydrogens is 248 g/mol. The van der Waals surface area contributed by atoms with Gasteiger partial charge in [0.25, 0.3) is 0 Å². The summed E-state index contributed by atoms with van der Waals surface area (Å²) in [7, 11) is 1.76. The van der Waals surface area contributed by atoms with Crippen LogP contribution in [0.2, 0.25) is 0 Å². The third-order valence-electron chi connectivity index (χ3n) is 4.88. The van der Waals surface area contributed by atoms with Crippen LogP contribution in [0.15, 0.2) is 12.1 Å². The molecule has 1 atom stereocenters. The first-order valence-electron chi connectivity index (χ1n) is 7.89. The molecule has 0 radical (unpaired) electrons. The van der Waals surface area contributed by atoms with Gasteiger partial charge in [-0.25, -0.2) is 0 Å². The Labute approximate surface area is 123 Å². The van der Waals surface area contributed by atoms with Crippen LogP contribution in [0.4, 0.5) is 0 Å². The zero-order chi connectivity index (χ0) is 14.8. The maximum absolute atomic E-state index is 10.2. The van der Waals surface area contributed by atoms with Crippen molar-refractivity contribution >= 4 is 0 Å². The Kier molecular flexibility index (Phi) is 4.74. The van der Waals surface area contributed by atoms with Gasteiger partial charge < -0.3 is 9.84 Å². The second-order valence-corrected chi connectivity index (χ2v) is 6.46. The van der Waals surface area contributed by atoms with Gasteiger partial charge >= 0.3 is 0 Å². The number of rotatable bonds is 4. The highest BCUT2D eigenvalue weighted by Crippen LogP contribution is 2.45. The third-order valence-corrected chi connectivity index (χ3v) is 4.88. The van der Waals surface area contributed by atoms with Crippen LogP contribution < -0.4 is 4.74 Å². The second-order valence-electron chi connectivity index (χ2n) is 6.46. The van der Waals surface area contributed by atoms with Crippen molar-refractivity contribution in [2.24, 2.45) is 0 Å². The Bertz CT molecular complexity index is 459. The van der Waals surface area contributed by atoms with Gasteiger partial charge in [-0.15, -0.1) is 0 Å². The highest BCUT2D eigenvalue weighted by Gasteiger charge is 2.32. The van der Waals surface area contributed by atoms with Crippen LogP contribution in [0.1, 0.15) is 75.2 Å². The molecule has 2 nitrogen and oxygen atoms in total. The summed E-state index contributed by atoms with van der Waals surface area (Å²) in [5.74, 6) is 1.02. The lowest BCUT2D eigenvalue weighted by Gasteiger charge is -2.36. The number of ether oxygens (including phenoxy) is 1. The van der Waals surface area contributed by atoms with Crippen LogP contribution in [0, 0.1) is 6.92 Å². The minimum Gasteiger partial charge on any atom is -0.496 e. The molecule has 0 saturated heterocycles. The van der Waals surface area contributed by atoms with Gasteiger partial charge in [0.2, 0.25) is 0 Å². The second kappa shape index (κ2) is 6.17. The van der Waals surface area contributed by atoms with E-state index in [4.69, 9.17) is 4.74 Å². The van der Waals surface area contributed by atoms with Crippen LogP contribution in [0.5, 0.6) is 5.75 Å². The van der Waals surface area contributed by atoms with Gasteiger partial charge in [0.05, 0.1) is 13.2 Å². The van der Waals surface area contributed by atoms with Gasteiger partial charge in [0.1, 0.15) is 5.75 Å². The van der Waals surface area contributed by atoms with Gasteiger partial charge in [0, 0.05) is 5.56 Å². The van der Waals surface area contributed by atoms with E-state index in [1.54, 1.807) is 7.11 Å². The molecule has 1 aliphatic carbocycles. The number of hydrogen-bond donors (Lipinski definition) is 1. The van der Waals surface area contributed by atoms with Crippen LogP contribution in [-0.4, -0.2) is 12.2 Å². The monoisotopic (exact) mass is 276 g/mol. The van der Waals surface area contributed by atoms with Gasteiger partial charge in [0.15, 0.2) is 0 Å². The van der Waals surface area contributed by atoms with Gasteiger partial charge in [-0.05, 0) is 54.9 Å². The lowest BCUT2D eigenvalue weighted by molar-refractivity contribution is 0.173. The number of benzene rings is 1. The molecule has 20 heavy (non-hydrogen) atoms. The molecule has 0 aromatic heterocycles. The number of aryl methyl sites for hydroxylation is 1. The van der Waals surface area contributed by atoms with Crippen LogP contribution in [0.25, 0.3) is 0 Å². The molecule has 0 heterocycles. The summed E-state index contributed by atoms with van der Waals surface area (Å²) in [6.07, 6.45) is 6.74. The van der Waals surface area contributed by atoms with Crippen molar-refractivity contribution in [1.29, 1.82) is 0 Å². The molecule has 1 aliphatic rings. The molecule has 0 aliphatic heterocycles. The molecule has 1 N–H and O–H groups in total. The zero-order valence-corrected chi connectivity index (χ0v) is 13.3. The van der Waals surface area contributed by atoms with E-state index in [1.807, 2.05) is 6.92 Å². The Morgan fingerprint density at radius 3 is 2.45 bits per heavy atom. The Morgan fingerprint density at radius 2 is 1.90 bits per heavy atom. The van der Waals surface area contributed by atoms with E-state index in [9.17, 15) is 5.11 Å². The van der Waals surface area contributed by atoms with E-state index in [-0.39, 0.29) is 11.5 Å². The lowest BCUT2D eigenvalue weighted by Crippen LogP contribution is -2.26. The molecule has 0 spiro atoms. The van der Waals surface area contributed by atoms with Crippen LogP contribution in [-0.2, 0) is 5.41 Å². The predicted octanol–water partition coefficient (Wildman–Crippen LogP) is 4.67. The fourth-order valence-corrected chi connectivity index (χ4v) is 3.55. The Morgan fingerprint density at radius 1 is 1.25 bits per heavy atom. The molecule has 2 heteroatoms. The van der Waals surface area contributed by atoms with Crippen molar-refractivity contribution < 1.29 is 9.84 Å². The smallest absolute Gasteiger partial charge is 0.125 e. The van der Waals surface area contributed by atoms with E-state index in [0.717, 1.165) is 23.3 Å². The van der Waals surface area contributed by atoms with E-state index >= 15 is 0 Å². The number of methoxy groups -OCH3 is 1. The van der Waals surface area contributed by atoms with Crippen molar-refractivity contribution in [3.63, 3.8) is 0 Å². The quantitative estimate of drug-likeness (QED) is 0.866. The molecule has 112 valence electrons. The summed E-state index contributed by atoms with van der Waals surface area (Å²) >= 11 is 0. The first-order valence-corrected chi connectivity index (χ1v) is 7.89. The topological polar surface area (TPSA) is 29.5 Å². The Hall–Kier alpha value is -1.02. The summed E-state index contributed by atoms with van der Waals surface area (Å²) < 4.78 is 5.68. The molecule has 1 unspecified atom stereocenters. The van der Waals surface area contributed by atoms with Gasteiger partial charge in [-0.2, -0.15) is 0 Å². The van der Waals surface area contributed by atoms with Gasteiger partial charge in [-0.1, -0.05) is 33.1 Å². The maximum atomic E-state index is 10.2. The molecule has 0 bridgehead atoms.